The number of nitrogens with zero attached hydrogens (tertiary/aromatic N) is 3. The summed E-state index contributed by atoms with van der Waals surface area (Å²) in [7, 11) is 0. The summed E-state index contributed by atoms with van der Waals surface area (Å²) in [6.45, 7) is 2.42. The minimum atomic E-state index is -0.0333. The van der Waals surface area contributed by atoms with Gasteiger partial charge in [-0.25, -0.2) is 4.98 Å². The largest absolute Gasteiger partial charge is 0.381 e. The monoisotopic (exact) mass is 476 g/mol. The van der Waals surface area contributed by atoms with Crippen LogP contribution in [0.5, 0.6) is 0 Å². The van der Waals surface area contributed by atoms with E-state index in [-0.39, 0.29) is 5.91 Å². The average Bonchev–Trinajstić information content (AvgIpc) is 3.36. The van der Waals surface area contributed by atoms with Crippen molar-refractivity contribution in [3.05, 3.63) is 29.8 Å². The molecule has 2 aliphatic carbocycles. The molecule has 3 fully saturated rings. The minimum Gasteiger partial charge on any atom is -0.381 e. The molecule has 1 saturated heterocycles. The molecule has 3 heterocycles. The van der Waals surface area contributed by atoms with Crippen molar-refractivity contribution in [3.8, 4) is 11.3 Å². The number of rotatable bonds is 8. The molecular formula is C26H32N6O3. The Bertz CT molecular complexity index is 1180. The molecule has 0 unspecified atom stereocenters. The Kier molecular flexibility index (Phi) is 6.24. The van der Waals surface area contributed by atoms with Gasteiger partial charge in [-0.05, 0) is 56.6 Å². The van der Waals surface area contributed by atoms with Crippen LogP contribution in [0, 0.1) is 5.92 Å². The number of carbonyl (C=O) groups excluding carboxylic acids is 1. The lowest BCUT2D eigenvalue weighted by atomic mass is 10.0. The van der Waals surface area contributed by atoms with Crippen molar-refractivity contribution in [1.29, 1.82) is 0 Å². The molecule has 0 bridgehead atoms. The highest BCUT2D eigenvalue weighted by atomic mass is 16.5. The van der Waals surface area contributed by atoms with Crippen LogP contribution in [-0.4, -0.2) is 52.9 Å². The molecule has 0 radical (unpaired) electrons. The van der Waals surface area contributed by atoms with Crippen molar-refractivity contribution in [2.75, 3.05) is 30.4 Å². The summed E-state index contributed by atoms with van der Waals surface area (Å²) in [4.78, 5) is 22.0. The molecule has 1 amide bonds. The zero-order chi connectivity index (χ0) is 23.6. The first-order valence-electron chi connectivity index (χ1n) is 12.9. The van der Waals surface area contributed by atoms with Crippen LogP contribution in [0.2, 0.25) is 0 Å². The van der Waals surface area contributed by atoms with Gasteiger partial charge >= 0.3 is 0 Å². The number of benzene rings is 1. The van der Waals surface area contributed by atoms with E-state index in [2.05, 4.69) is 21.1 Å². The summed E-state index contributed by atoms with van der Waals surface area (Å²) in [6, 6.07) is 8.19. The number of anilines is 2. The van der Waals surface area contributed by atoms with E-state index in [0.29, 0.717) is 52.1 Å². The SMILES string of the molecule is O=C(NC1CC1)c1ccc(-c2noc3c(NCC4CCOCC4)nc(NC4CCCC4)nc23)cc1. The van der Waals surface area contributed by atoms with Crippen molar-refractivity contribution in [2.45, 2.75) is 63.5 Å². The van der Waals surface area contributed by atoms with Crippen LogP contribution in [0.1, 0.15) is 61.7 Å². The second-order valence-electron chi connectivity index (χ2n) is 9.99. The second-order valence-corrected chi connectivity index (χ2v) is 9.99. The van der Waals surface area contributed by atoms with Crippen LogP contribution >= 0.6 is 0 Å². The summed E-state index contributed by atoms with van der Waals surface area (Å²) in [5.74, 6) is 1.77. The van der Waals surface area contributed by atoms with Gasteiger partial charge in [0.1, 0.15) is 11.2 Å². The van der Waals surface area contributed by atoms with Crippen LogP contribution in [0.4, 0.5) is 11.8 Å². The number of ether oxygens (including phenoxy) is 1. The lowest BCUT2D eigenvalue weighted by Gasteiger charge is -2.22. The molecule has 9 nitrogen and oxygen atoms in total. The van der Waals surface area contributed by atoms with Gasteiger partial charge in [-0.3, -0.25) is 4.79 Å². The Balaban J connectivity index is 1.29. The Morgan fingerprint density at radius 2 is 1.71 bits per heavy atom. The van der Waals surface area contributed by atoms with Crippen molar-refractivity contribution < 1.29 is 14.1 Å². The average molecular weight is 477 g/mol. The molecule has 3 N–H and O–H groups in total. The van der Waals surface area contributed by atoms with Crippen LogP contribution < -0.4 is 16.0 Å². The number of hydrogen-bond donors (Lipinski definition) is 3. The predicted octanol–water partition coefficient (Wildman–Crippen LogP) is 4.37. The van der Waals surface area contributed by atoms with Gasteiger partial charge in [-0.1, -0.05) is 30.1 Å². The molecule has 1 aliphatic heterocycles. The van der Waals surface area contributed by atoms with E-state index in [1.807, 2.05) is 24.3 Å². The highest BCUT2D eigenvalue weighted by Gasteiger charge is 2.25. The number of nitrogens with one attached hydrogen (secondary N) is 3. The van der Waals surface area contributed by atoms with E-state index >= 15 is 0 Å². The Morgan fingerprint density at radius 3 is 2.46 bits per heavy atom. The number of aromatic nitrogens is 3. The summed E-state index contributed by atoms with van der Waals surface area (Å²) in [5.41, 5.74) is 3.38. The number of fused-ring (bicyclic) bond motifs is 1. The molecule has 0 spiro atoms. The number of hydrogen-bond acceptors (Lipinski definition) is 8. The van der Waals surface area contributed by atoms with E-state index in [4.69, 9.17) is 19.2 Å². The first kappa shape index (κ1) is 22.3. The van der Waals surface area contributed by atoms with Crippen LogP contribution in [0.3, 0.4) is 0 Å². The summed E-state index contributed by atoms with van der Waals surface area (Å²) >= 11 is 0. The zero-order valence-electron chi connectivity index (χ0n) is 19.9. The highest BCUT2D eigenvalue weighted by molar-refractivity contribution is 5.97. The van der Waals surface area contributed by atoms with Crippen molar-refractivity contribution in [1.82, 2.24) is 20.4 Å². The second kappa shape index (κ2) is 9.81. The molecule has 2 saturated carbocycles. The molecular weight excluding hydrogens is 444 g/mol. The van der Waals surface area contributed by atoms with Gasteiger partial charge in [0.05, 0.1) is 0 Å². The van der Waals surface area contributed by atoms with Gasteiger partial charge in [0, 0.05) is 43.0 Å². The van der Waals surface area contributed by atoms with Crippen LogP contribution in [-0.2, 0) is 4.74 Å². The summed E-state index contributed by atoms with van der Waals surface area (Å²) in [6.07, 6.45) is 8.93. The maximum atomic E-state index is 12.4. The third-order valence-electron chi connectivity index (χ3n) is 7.24. The quantitative estimate of drug-likeness (QED) is 0.439. The van der Waals surface area contributed by atoms with E-state index < -0.39 is 0 Å². The first-order valence-corrected chi connectivity index (χ1v) is 12.9. The smallest absolute Gasteiger partial charge is 0.251 e. The van der Waals surface area contributed by atoms with Gasteiger partial charge in [0.15, 0.2) is 5.82 Å². The molecule has 1 aromatic carbocycles. The molecule has 6 rings (SSSR count). The maximum absolute atomic E-state index is 12.4. The standard InChI is InChI=1S/C26H32N6O3/c33-25(28-20-9-10-20)18-7-5-17(6-8-18)21-22-23(35-32-21)24(27-15-16-11-13-34-14-12-16)31-26(30-22)29-19-3-1-2-4-19/h5-8,16,19-20H,1-4,9-15H2,(H,28,33)(H2,27,29,30,31). The molecule has 9 heteroatoms. The molecule has 0 atom stereocenters. The number of carbonyl (C=O) groups is 1. The van der Waals surface area contributed by atoms with Gasteiger partial charge in [-0.2, -0.15) is 4.98 Å². The van der Waals surface area contributed by atoms with Crippen molar-refractivity contribution >= 4 is 28.8 Å². The van der Waals surface area contributed by atoms with Crippen molar-refractivity contribution in [3.63, 3.8) is 0 Å². The van der Waals surface area contributed by atoms with Gasteiger partial charge in [-0.15, -0.1) is 0 Å². The zero-order valence-corrected chi connectivity index (χ0v) is 19.9. The minimum absolute atomic E-state index is 0.0333. The lowest BCUT2D eigenvalue weighted by molar-refractivity contribution is 0.0699. The third kappa shape index (κ3) is 5.10. The van der Waals surface area contributed by atoms with Crippen LogP contribution in [0.15, 0.2) is 28.8 Å². The van der Waals surface area contributed by atoms with Crippen LogP contribution in [0.25, 0.3) is 22.4 Å². The highest BCUT2D eigenvalue weighted by Crippen LogP contribution is 2.32. The van der Waals surface area contributed by atoms with Gasteiger partial charge in [0.25, 0.3) is 5.91 Å². The fourth-order valence-electron chi connectivity index (χ4n) is 4.93. The molecule has 3 aliphatic rings. The normalized spacial score (nSPS) is 19.2. The first-order chi connectivity index (χ1) is 17.2. The fraction of sp³-hybridized carbons (Fsp3) is 0.538. The molecule has 35 heavy (non-hydrogen) atoms. The Morgan fingerprint density at radius 1 is 0.943 bits per heavy atom. The number of amides is 1. The maximum Gasteiger partial charge on any atom is 0.251 e. The summed E-state index contributed by atoms with van der Waals surface area (Å²) < 4.78 is 11.3. The molecule has 3 aromatic rings. The van der Waals surface area contributed by atoms with Crippen molar-refractivity contribution in [2.24, 2.45) is 5.92 Å². The fourth-order valence-corrected chi connectivity index (χ4v) is 4.93. The van der Waals surface area contributed by atoms with E-state index in [0.717, 1.165) is 63.8 Å². The van der Waals surface area contributed by atoms with E-state index in [1.165, 1.54) is 12.8 Å². The molecule has 2 aromatic heterocycles. The topological polar surface area (TPSA) is 114 Å². The van der Waals surface area contributed by atoms with Gasteiger partial charge < -0.3 is 25.2 Å². The van der Waals surface area contributed by atoms with Gasteiger partial charge in [0.2, 0.25) is 11.5 Å². The summed E-state index contributed by atoms with van der Waals surface area (Å²) in [5, 5.41) is 14.4. The lowest BCUT2D eigenvalue weighted by Crippen LogP contribution is -2.25. The van der Waals surface area contributed by atoms with E-state index in [1.54, 1.807) is 0 Å². The predicted molar refractivity (Wildman–Crippen MR) is 133 cm³/mol. The Labute approximate surface area is 204 Å². The Hall–Kier alpha value is -3.20. The van der Waals surface area contributed by atoms with E-state index in [9.17, 15) is 4.79 Å². The molecule has 184 valence electrons. The third-order valence-corrected chi connectivity index (χ3v) is 7.24.